The average Bonchev–Trinajstić information content (AvgIpc) is 2.74. The topological polar surface area (TPSA) is 84.9 Å². The second kappa shape index (κ2) is 8.84. The number of rotatable bonds is 6. The summed E-state index contributed by atoms with van der Waals surface area (Å²) in [6.45, 7) is 2.96. The van der Waals surface area contributed by atoms with Crippen molar-refractivity contribution in [1.82, 2.24) is 5.32 Å². The van der Waals surface area contributed by atoms with Crippen molar-refractivity contribution >= 4 is 21.6 Å². The van der Waals surface area contributed by atoms with Crippen LogP contribution in [0, 0.1) is 6.92 Å². The van der Waals surface area contributed by atoms with Crippen molar-refractivity contribution in [2.24, 2.45) is 0 Å². The number of carbonyl (C=O) groups excluding carboxylic acids is 1. The number of anilines is 1. The number of hydrogen-bond donors (Lipinski definition) is 1. The zero-order chi connectivity index (χ0) is 21.0. The summed E-state index contributed by atoms with van der Waals surface area (Å²) in [5.41, 5.74) is 1.46. The number of hydrogen-bond acceptors (Lipinski definition) is 5. The van der Waals surface area contributed by atoms with E-state index < -0.39 is 10.0 Å². The van der Waals surface area contributed by atoms with Gasteiger partial charge in [-0.3, -0.25) is 9.10 Å². The summed E-state index contributed by atoms with van der Waals surface area (Å²) in [7, 11) is -0.929. The summed E-state index contributed by atoms with van der Waals surface area (Å²) in [5, 5.41) is 2.94. The number of para-hydroxylation sites is 2. The van der Waals surface area contributed by atoms with Crippen molar-refractivity contribution in [2.45, 2.75) is 30.7 Å². The Balaban J connectivity index is 1.90. The van der Waals surface area contributed by atoms with Crippen molar-refractivity contribution in [3.8, 4) is 5.75 Å². The number of carbonyl (C=O) groups is 1. The minimum Gasteiger partial charge on any atom is -0.495 e. The van der Waals surface area contributed by atoms with Crippen LogP contribution in [0.5, 0.6) is 5.75 Å². The predicted molar refractivity (Wildman–Crippen MR) is 111 cm³/mol. The molecular formula is C21H26N2O5S. The Kier molecular flexibility index (Phi) is 6.44. The maximum Gasteiger partial charge on any atom is 0.264 e. The van der Waals surface area contributed by atoms with E-state index in [9.17, 15) is 13.2 Å². The lowest BCUT2D eigenvalue weighted by Crippen LogP contribution is -2.41. The van der Waals surface area contributed by atoms with Gasteiger partial charge in [0.25, 0.3) is 15.9 Å². The predicted octanol–water partition coefficient (Wildman–Crippen LogP) is 2.74. The second-order valence-corrected chi connectivity index (χ2v) is 8.98. The molecule has 1 heterocycles. The van der Waals surface area contributed by atoms with Crippen LogP contribution in [-0.4, -0.2) is 47.7 Å². The van der Waals surface area contributed by atoms with Crippen LogP contribution >= 0.6 is 0 Å². The number of ether oxygens (including phenoxy) is 2. The number of benzene rings is 2. The van der Waals surface area contributed by atoms with Crippen LogP contribution in [0.3, 0.4) is 0 Å². The Hall–Kier alpha value is -2.58. The zero-order valence-electron chi connectivity index (χ0n) is 16.8. The number of aryl methyl sites for hydroxylation is 1. The third kappa shape index (κ3) is 4.54. The molecular weight excluding hydrogens is 392 g/mol. The van der Waals surface area contributed by atoms with Gasteiger partial charge in [0, 0.05) is 19.2 Å². The van der Waals surface area contributed by atoms with Crippen molar-refractivity contribution in [2.75, 3.05) is 31.7 Å². The lowest BCUT2D eigenvalue weighted by Gasteiger charge is -2.24. The highest BCUT2D eigenvalue weighted by Gasteiger charge is 2.26. The van der Waals surface area contributed by atoms with Gasteiger partial charge >= 0.3 is 0 Å². The van der Waals surface area contributed by atoms with Crippen molar-refractivity contribution in [3.63, 3.8) is 0 Å². The molecule has 1 aliphatic rings. The normalized spacial score (nSPS) is 16.9. The standard InChI is InChI=1S/C21H26N2O5S/c1-15-10-11-17(13-18(15)21(24)22-16-7-6-12-28-14-16)29(25,26)23(2)19-8-4-5-9-20(19)27-3/h4-5,8-11,13,16H,6-7,12,14H2,1-3H3,(H,22,24). The smallest absolute Gasteiger partial charge is 0.264 e. The molecule has 1 atom stereocenters. The van der Waals surface area contributed by atoms with E-state index in [1.54, 1.807) is 37.3 Å². The summed E-state index contributed by atoms with van der Waals surface area (Å²) in [5.74, 6) is 0.149. The molecule has 1 amide bonds. The van der Waals surface area contributed by atoms with Crippen LogP contribution < -0.4 is 14.4 Å². The summed E-state index contributed by atoms with van der Waals surface area (Å²) >= 11 is 0. The quantitative estimate of drug-likeness (QED) is 0.780. The largest absolute Gasteiger partial charge is 0.495 e. The molecule has 8 heteroatoms. The molecule has 2 aromatic carbocycles. The Bertz CT molecular complexity index is 984. The Morgan fingerprint density at radius 2 is 2.00 bits per heavy atom. The fourth-order valence-corrected chi connectivity index (χ4v) is 4.53. The van der Waals surface area contributed by atoms with E-state index >= 15 is 0 Å². The molecule has 1 saturated heterocycles. The van der Waals surface area contributed by atoms with E-state index in [2.05, 4.69) is 5.32 Å². The SMILES string of the molecule is COc1ccccc1N(C)S(=O)(=O)c1ccc(C)c(C(=O)NC2CCCOC2)c1. The minimum atomic E-state index is -3.88. The molecule has 1 unspecified atom stereocenters. The molecule has 0 aliphatic carbocycles. The Morgan fingerprint density at radius 3 is 2.69 bits per heavy atom. The molecule has 0 saturated carbocycles. The molecule has 2 aromatic rings. The van der Waals surface area contributed by atoms with Crippen LogP contribution in [0.2, 0.25) is 0 Å². The highest BCUT2D eigenvalue weighted by molar-refractivity contribution is 7.92. The van der Waals surface area contributed by atoms with Crippen LogP contribution in [-0.2, 0) is 14.8 Å². The Morgan fingerprint density at radius 1 is 1.24 bits per heavy atom. The molecule has 0 spiro atoms. The lowest BCUT2D eigenvalue weighted by molar-refractivity contribution is 0.0624. The molecule has 1 fully saturated rings. The summed E-state index contributed by atoms with van der Waals surface area (Å²) < 4.78 is 38.2. The highest BCUT2D eigenvalue weighted by atomic mass is 32.2. The van der Waals surface area contributed by atoms with Gasteiger partial charge in [0.05, 0.1) is 30.3 Å². The number of methoxy groups -OCH3 is 1. The van der Waals surface area contributed by atoms with Gasteiger partial charge in [-0.2, -0.15) is 0 Å². The average molecular weight is 419 g/mol. The van der Waals surface area contributed by atoms with Crippen LogP contribution in [0.4, 0.5) is 5.69 Å². The van der Waals surface area contributed by atoms with E-state index in [1.807, 2.05) is 0 Å². The molecule has 0 aromatic heterocycles. The van der Waals surface area contributed by atoms with E-state index in [-0.39, 0.29) is 16.8 Å². The highest BCUT2D eigenvalue weighted by Crippen LogP contribution is 2.31. The molecule has 29 heavy (non-hydrogen) atoms. The molecule has 3 rings (SSSR count). The molecule has 0 bridgehead atoms. The number of amides is 1. The second-order valence-electron chi connectivity index (χ2n) is 7.01. The van der Waals surface area contributed by atoms with Gasteiger partial charge in [0.15, 0.2) is 0 Å². The van der Waals surface area contributed by atoms with Crippen LogP contribution in [0.25, 0.3) is 0 Å². The minimum absolute atomic E-state index is 0.0431. The van der Waals surface area contributed by atoms with Crippen molar-refractivity contribution in [3.05, 3.63) is 53.6 Å². The van der Waals surface area contributed by atoms with E-state index in [0.29, 0.717) is 35.8 Å². The first kappa shape index (κ1) is 21.1. The summed E-state index contributed by atoms with van der Waals surface area (Å²) in [6, 6.07) is 11.4. The molecule has 1 N–H and O–H groups in total. The monoisotopic (exact) mass is 418 g/mol. The number of nitrogens with one attached hydrogen (secondary N) is 1. The first-order valence-corrected chi connectivity index (χ1v) is 10.9. The zero-order valence-corrected chi connectivity index (χ0v) is 17.7. The first-order valence-electron chi connectivity index (χ1n) is 9.46. The maximum atomic E-state index is 13.2. The third-order valence-corrected chi connectivity index (χ3v) is 6.80. The fraction of sp³-hybridized carbons (Fsp3) is 0.381. The first-order chi connectivity index (χ1) is 13.8. The Labute approximate surface area is 171 Å². The van der Waals surface area contributed by atoms with Gasteiger partial charge in [-0.25, -0.2) is 8.42 Å². The van der Waals surface area contributed by atoms with Crippen molar-refractivity contribution < 1.29 is 22.7 Å². The van der Waals surface area contributed by atoms with Gasteiger partial charge in [0.1, 0.15) is 5.75 Å². The molecule has 1 aliphatic heterocycles. The van der Waals surface area contributed by atoms with E-state index in [0.717, 1.165) is 17.1 Å². The van der Waals surface area contributed by atoms with Gasteiger partial charge < -0.3 is 14.8 Å². The van der Waals surface area contributed by atoms with Crippen molar-refractivity contribution in [1.29, 1.82) is 0 Å². The number of nitrogens with zero attached hydrogens (tertiary/aromatic N) is 1. The van der Waals surface area contributed by atoms with Crippen LogP contribution in [0.1, 0.15) is 28.8 Å². The maximum absolute atomic E-state index is 13.2. The third-order valence-electron chi connectivity index (χ3n) is 5.03. The lowest BCUT2D eigenvalue weighted by atomic mass is 10.1. The summed E-state index contributed by atoms with van der Waals surface area (Å²) in [4.78, 5) is 12.8. The van der Waals surface area contributed by atoms with E-state index in [4.69, 9.17) is 9.47 Å². The van der Waals surface area contributed by atoms with Gasteiger partial charge in [-0.1, -0.05) is 18.2 Å². The summed E-state index contributed by atoms with van der Waals surface area (Å²) in [6.07, 6.45) is 1.74. The molecule has 0 radical (unpaired) electrons. The fourth-order valence-electron chi connectivity index (χ4n) is 3.30. The van der Waals surface area contributed by atoms with Gasteiger partial charge in [-0.05, 0) is 49.6 Å². The van der Waals surface area contributed by atoms with E-state index in [1.165, 1.54) is 26.3 Å². The van der Waals surface area contributed by atoms with Crippen LogP contribution in [0.15, 0.2) is 47.4 Å². The van der Waals surface area contributed by atoms with Gasteiger partial charge in [0.2, 0.25) is 0 Å². The molecule has 7 nitrogen and oxygen atoms in total. The molecule has 156 valence electrons. The number of sulfonamides is 1. The van der Waals surface area contributed by atoms with Gasteiger partial charge in [-0.15, -0.1) is 0 Å².